The van der Waals surface area contributed by atoms with Gasteiger partial charge in [-0.3, -0.25) is 8.93 Å². The highest BCUT2D eigenvalue weighted by Crippen LogP contribution is 2.44. The lowest BCUT2D eigenvalue weighted by Crippen LogP contribution is -2.23. The Morgan fingerprint density at radius 2 is 1.82 bits per heavy atom. The van der Waals surface area contributed by atoms with E-state index in [1.54, 1.807) is 0 Å². The summed E-state index contributed by atoms with van der Waals surface area (Å²) in [6.45, 7) is 0. The fourth-order valence-corrected chi connectivity index (χ4v) is 7.31. The van der Waals surface area contributed by atoms with E-state index in [0.29, 0.717) is 26.0 Å². The number of hydrogen-bond donors (Lipinski definition) is 2. The molecule has 0 unspecified atom stereocenters. The average Bonchev–Trinajstić information content (AvgIpc) is 3.08. The van der Waals surface area contributed by atoms with E-state index in [1.807, 2.05) is 36.4 Å². The number of rotatable bonds is 6. The van der Waals surface area contributed by atoms with E-state index in [4.69, 9.17) is 10.7 Å². The van der Waals surface area contributed by atoms with E-state index in [2.05, 4.69) is 14.7 Å². The number of pyridine rings is 1. The number of aromatic nitrogens is 3. The van der Waals surface area contributed by atoms with Crippen LogP contribution in [0.4, 0.5) is 11.6 Å². The molecule has 1 aliphatic rings. The van der Waals surface area contributed by atoms with Crippen LogP contribution in [0.25, 0.3) is 32.6 Å². The normalized spacial score (nSPS) is 15.3. The van der Waals surface area contributed by atoms with E-state index in [0.717, 1.165) is 42.0 Å². The fraction of sp³-hybridized carbons (Fsp3) is 0.227. The minimum Gasteiger partial charge on any atom is -0.396 e. The van der Waals surface area contributed by atoms with Crippen LogP contribution in [0.15, 0.2) is 53.0 Å². The quantitative estimate of drug-likeness (QED) is 0.410. The summed E-state index contributed by atoms with van der Waals surface area (Å²) < 4.78 is 38.9. The maximum absolute atomic E-state index is 13.1. The molecule has 0 radical (unpaired) electrons. The van der Waals surface area contributed by atoms with Crippen LogP contribution < -0.4 is 10.5 Å². The zero-order valence-corrected chi connectivity index (χ0v) is 20.1. The van der Waals surface area contributed by atoms with Crippen LogP contribution in [0, 0.1) is 0 Å². The highest BCUT2D eigenvalue weighted by molar-refractivity contribution is 7.92. The highest BCUT2D eigenvalue weighted by Gasteiger charge is 2.29. The lowest BCUT2D eigenvalue weighted by molar-refractivity contribution is 0.505. The van der Waals surface area contributed by atoms with Crippen LogP contribution in [-0.2, 0) is 20.8 Å². The van der Waals surface area contributed by atoms with Crippen molar-refractivity contribution in [2.24, 2.45) is 0 Å². The molecule has 1 atom stereocenters. The standard InChI is InChI=1S/C22H21N5O3S3/c1-33(29,30)27-22-24-11-14(12-25-22)17-10-16(13-6-3-2-4-7-13)18-19(23)21(31-20(18)26-17)32(28)15-8-5-9-15/h2-4,6-7,10-12,15H,5,8-9,23H2,1H3,(H,24,25,27)/t32-/m0/s1. The van der Waals surface area contributed by atoms with E-state index in [1.165, 1.54) is 23.7 Å². The van der Waals surface area contributed by atoms with Crippen molar-refractivity contribution >= 4 is 54.0 Å². The SMILES string of the molecule is CS(=O)(=O)Nc1ncc(-c2cc(-c3ccccc3)c3c(N)c([S@@](=O)C4CCC4)sc3n2)cn1. The Kier molecular flexibility index (Phi) is 5.63. The molecule has 0 amide bonds. The van der Waals surface area contributed by atoms with Gasteiger partial charge in [-0.05, 0) is 30.0 Å². The lowest BCUT2D eigenvalue weighted by Gasteiger charge is -2.23. The Morgan fingerprint density at radius 1 is 1.12 bits per heavy atom. The molecular formula is C22H21N5O3S3. The molecule has 0 aliphatic heterocycles. The monoisotopic (exact) mass is 499 g/mol. The molecule has 3 heterocycles. The Hall–Kier alpha value is -2.89. The maximum atomic E-state index is 13.1. The van der Waals surface area contributed by atoms with Gasteiger partial charge >= 0.3 is 0 Å². The van der Waals surface area contributed by atoms with Gasteiger partial charge in [-0.15, -0.1) is 11.3 Å². The third-order valence-electron chi connectivity index (χ3n) is 5.51. The van der Waals surface area contributed by atoms with Crippen molar-refractivity contribution in [1.82, 2.24) is 15.0 Å². The molecule has 0 spiro atoms. The molecule has 1 aliphatic carbocycles. The summed E-state index contributed by atoms with van der Waals surface area (Å²) in [4.78, 5) is 13.7. The average molecular weight is 500 g/mol. The molecule has 4 aromatic rings. The number of nitrogen functional groups attached to an aromatic ring is 1. The Labute approximate surface area is 197 Å². The minimum absolute atomic E-state index is 0.0100. The third-order valence-corrected chi connectivity index (χ3v) is 9.36. The molecule has 1 saturated carbocycles. The van der Waals surface area contributed by atoms with Gasteiger partial charge in [0.1, 0.15) is 9.04 Å². The predicted molar refractivity (Wildman–Crippen MR) is 133 cm³/mol. The van der Waals surface area contributed by atoms with Gasteiger partial charge in [0.25, 0.3) is 0 Å². The Bertz CT molecular complexity index is 1460. The van der Waals surface area contributed by atoms with Crippen molar-refractivity contribution in [2.75, 3.05) is 16.7 Å². The second-order valence-electron chi connectivity index (χ2n) is 7.92. The lowest BCUT2D eigenvalue weighted by atomic mass is 10.00. The molecule has 170 valence electrons. The first-order chi connectivity index (χ1) is 15.8. The number of benzene rings is 1. The van der Waals surface area contributed by atoms with E-state index in [9.17, 15) is 12.6 Å². The van der Waals surface area contributed by atoms with Crippen LogP contribution in [-0.4, -0.2) is 39.1 Å². The summed E-state index contributed by atoms with van der Waals surface area (Å²) in [7, 11) is -4.62. The van der Waals surface area contributed by atoms with Crippen LogP contribution in [0.1, 0.15) is 19.3 Å². The number of nitrogens with zero attached hydrogens (tertiary/aromatic N) is 3. The second kappa shape index (κ2) is 8.47. The molecule has 3 aromatic heterocycles. The van der Waals surface area contributed by atoms with Gasteiger partial charge in [-0.25, -0.2) is 23.4 Å². The van der Waals surface area contributed by atoms with Crippen LogP contribution >= 0.6 is 11.3 Å². The molecule has 11 heteroatoms. The first-order valence-corrected chi connectivity index (χ1v) is 14.2. The van der Waals surface area contributed by atoms with E-state index >= 15 is 0 Å². The van der Waals surface area contributed by atoms with Crippen molar-refractivity contribution in [3.05, 3.63) is 48.8 Å². The Balaban J connectivity index is 1.65. The zero-order chi connectivity index (χ0) is 23.2. The molecule has 0 saturated heterocycles. The molecule has 0 bridgehead atoms. The number of nitrogens with two attached hydrogens (primary N) is 1. The van der Waals surface area contributed by atoms with Crippen molar-refractivity contribution in [2.45, 2.75) is 28.7 Å². The Morgan fingerprint density at radius 3 is 2.42 bits per heavy atom. The summed E-state index contributed by atoms with van der Waals surface area (Å²) in [5, 5.41) is 0.956. The van der Waals surface area contributed by atoms with Gasteiger partial charge in [0, 0.05) is 28.6 Å². The zero-order valence-electron chi connectivity index (χ0n) is 17.7. The van der Waals surface area contributed by atoms with Crippen LogP contribution in [0.2, 0.25) is 0 Å². The number of nitrogens with one attached hydrogen (secondary N) is 1. The summed E-state index contributed by atoms with van der Waals surface area (Å²) in [6, 6.07) is 11.7. The first-order valence-electron chi connectivity index (χ1n) is 10.3. The molecule has 8 nitrogen and oxygen atoms in total. The van der Waals surface area contributed by atoms with Crippen LogP contribution in [0.3, 0.4) is 0 Å². The van der Waals surface area contributed by atoms with Crippen molar-refractivity contribution < 1.29 is 12.6 Å². The molecular weight excluding hydrogens is 478 g/mol. The fourth-order valence-electron chi connectivity index (χ4n) is 3.66. The van der Waals surface area contributed by atoms with E-state index in [-0.39, 0.29) is 11.2 Å². The van der Waals surface area contributed by atoms with Gasteiger partial charge in [0.15, 0.2) is 0 Å². The number of thiophene rings is 1. The third kappa shape index (κ3) is 4.35. The minimum atomic E-state index is -3.47. The maximum Gasteiger partial charge on any atom is 0.236 e. The topological polar surface area (TPSA) is 128 Å². The number of hydrogen-bond acceptors (Lipinski definition) is 8. The van der Waals surface area contributed by atoms with Crippen molar-refractivity contribution in [3.8, 4) is 22.4 Å². The van der Waals surface area contributed by atoms with Gasteiger partial charge in [-0.1, -0.05) is 36.8 Å². The largest absolute Gasteiger partial charge is 0.396 e. The van der Waals surface area contributed by atoms with Crippen LogP contribution in [0.5, 0.6) is 0 Å². The van der Waals surface area contributed by atoms with Crippen molar-refractivity contribution in [3.63, 3.8) is 0 Å². The second-order valence-corrected chi connectivity index (χ2v) is 12.6. The smallest absolute Gasteiger partial charge is 0.236 e. The highest BCUT2D eigenvalue weighted by atomic mass is 32.2. The number of anilines is 2. The molecule has 5 rings (SSSR count). The van der Waals surface area contributed by atoms with Gasteiger partial charge in [0.05, 0.1) is 28.4 Å². The summed E-state index contributed by atoms with van der Waals surface area (Å²) in [6.07, 6.45) is 7.09. The van der Waals surface area contributed by atoms with E-state index < -0.39 is 20.8 Å². The predicted octanol–water partition coefficient (Wildman–Crippen LogP) is 4.03. The molecule has 3 N–H and O–H groups in total. The number of fused-ring (bicyclic) bond motifs is 1. The number of sulfonamides is 1. The summed E-state index contributed by atoms with van der Waals surface area (Å²) in [5.74, 6) is -0.0100. The molecule has 33 heavy (non-hydrogen) atoms. The van der Waals surface area contributed by atoms with Crippen molar-refractivity contribution in [1.29, 1.82) is 0 Å². The molecule has 1 aromatic carbocycles. The summed E-state index contributed by atoms with van der Waals surface area (Å²) >= 11 is 1.37. The van der Waals surface area contributed by atoms with Gasteiger partial charge in [-0.2, -0.15) is 0 Å². The summed E-state index contributed by atoms with van der Waals surface area (Å²) in [5.41, 5.74) is 10.2. The first kappa shape index (κ1) is 21.9. The molecule has 1 fully saturated rings. The van der Waals surface area contributed by atoms with Gasteiger partial charge < -0.3 is 5.73 Å². The van der Waals surface area contributed by atoms with Gasteiger partial charge in [0.2, 0.25) is 16.0 Å².